The number of benzene rings is 1. The molecule has 1 fully saturated rings. The lowest BCUT2D eigenvalue weighted by atomic mass is 9.95. The van der Waals surface area contributed by atoms with Crippen molar-refractivity contribution >= 4 is 39.7 Å². The minimum Gasteiger partial charge on any atom is -0.493 e. The monoisotopic (exact) mass is 412 g/mol. The summed E-state index contributed by atoms with van der Waals surface area (Å²) < 4.78 is 10.8. The number of amides is 1. The number of carbonyl (C=O) groups is 1. The maximum Gasteiger partial charge on any atom is 0.263 e. The van der Waals surface area contributed by atoms with Gasteiger partial charge in [0.1, 0.15) is 17.0 Å². The van der Waals surface area contributed by atoms with E-state index in [1.807, 2.05) is 23.6 Å². The van der Waals surface area contributed by atoms with Crippen LogP contribution in [-0.4, -0.2) is 36.1 Å². The predicted molar refractivity (Wildman–Crippen MR) is 115 cm³/mol. The fourth-order valence-electron chi connectivity index (χ4n) is 3.69. The molecule has 4 rings (SSSR count). The minimum atomic E-state index is -0.0352. The minimum absolute atomic E-state index is 0.0352. The van der Waals surface area contributed by atoms with Gasteiger partial charge in [-0.2, -0.15) is 0 Å². The Kier molecular flexibility index (Phi) is 5.80. The molecule has 1 saturated carbocycles. The van der Waals surface area contributed by atoms with Gasteiger partial charge in [0.2, 0.25) is 0 Å². The SMILES string of the molecule is COc1cc2ncnc(Nc3ccsc3C(=O)NC3CCCCC3)c2cc1OC. The van der Waals surface area contributed by atoms with Crippen molar-refractivity contribution in [2.75, 3.05) is 19.5 Å². The highest BCUT2D eigenvalue weighted by atomic mass is 32.1. The number of ether oxygens (including phenoxy) is 2. The molecular weight excluding hydrogens is 388 g/mol. The van der Waals surface area contributed by atoms with Crippen LogP contribution in [0, 0.1) is 0 Å². The van der Waals surface area contributed by atoms with Crippen molar-refractivity contribution in [3.63, 3.8) is 0 Å². The van der Waals surface area contributed by atoms with Gasteiger partial charge in [0.25, 0.3) is 5.91 Å². The molecule has 152 valence electrons. The molecule has 1 aliphatic carbocycles. The van der Waals surface area contributed by atoms with Crippen LogP contribution in [0.3, 0.4) is 0 Å². The van der Waals surface area contributed by atoms with Gasteiger partial charge in [-0.3, -0.25) is 4.79 Å². The zero-order valence-electron chi connectivity index (χ0n) is 16.5. The summed E-state index contributed by atoms with van der Waals surface area (Å²) in [5, 5.41) is 9.18. The Hall–Kier alpha value is -2.87. The first-order valence-corrected chi connectivity index (χ1v) is 10.6. The summed E-state index contributed by atoms with van der Waals surface area (Å²) in [6.45, 7) is 0. The second-order valence-electron chi connectivity index (χ2n) is 7.04. The van der Waals surface area contributed by atoms with E-state index >= 15 is 0 Å². The van der Waals surface area contributed by atoms with Crippen molar-refractivity contribution in [2.24, 2.45) is 0 Å². The summed E-state index contributed by atoms with van der Waals surface area (Å²) in [5.41, 5.74) is 1.46. The zero-order chi connectivity index (χ0) is 20.2. The van der Waals surface area contributed by atoms with Crippen LogP contribution in [0.5, 0.6) is 11.5 Å². The van der Waals surface area contributed by atoms with Crippen LogP contribution in [0.1, 0.15) is 41.8 Å². The number of fused-ring (bicyclic) bond motifs is 1. The van der Waals surface area contributed by atoms with Crippen LogP contribution in [-0.2, 0) is 0 Å². The fraction of sp³-hybridized carbons (Fsp3) is 0.381. The number of nitrogens with zero attached hydrogens (tertiary/aromatic N) is 2. The predicted octanol–water partition coefficient (Wildman–Crippen LogP) is 4.51. The highest BCUT2D eigenvalue weighted by Gasteiger charge is 2.20. The van der Waals surface area contributed by atoms with E-state index in [0.717, 1.165) is 29.4 Å². The standard InChI is InChI=1S/C21H24N4O3S/c1-27-17-10-14-16(11-18(17)28-2)22-12-23-20(14)25-15-8-9-29-19(15)21(26)24-13-6-4-3-5-7-13/h8-13H,3-7H2,1-2H3,(H,24,26)(H,22,23,25). The number of hydrogen-bond acceptors (Lipinski definition) is 7. The van der Waals surface area contributed by atoms with E-state index in [2.05, 4.69) is 20.6 Å². The first-order valence-electron chi connectivity index (χ1n) is 9.71. The molecule has 0 atom stereocenters. The van der Waals surface area contributed by atoms with Crippen molar-refractivity contribution in [3.05, 3.63) is 34.8 Å². The van der Waals surface area contributed by atoms with Crippen molar-refractivity contribution in [1.82, 2.24) is 15.3 Å². The molecule has 1 amide bonds. The quantitative estimate of drug-likeness (QED) is 0.619. The molecular formula is C21H24N4O3S. The first kappa shape index (κ1) is 19.4. The largest absolute Gasteiger partial charge is 0.493 e. The number of thiophene rings is 1. The topological polar surface area (TPSA) is 85.4 Å². The van der Waals surface area contributed by atoms with Gasteiger partial charge < -0.3 is 20.1 Å². The molecule has 0 radical (unpaired) electrons. The molecule has 29 heavy (non-hydrogen) atoms. The molecule has 0 spiro atoms. The van der Waals surface area contributed by atoms with Crippen molar-refractivity contribution in [3.8, 4) is 11.5 Å². The lowest BCUT2D eigenvalue weighted by Crippen LogP contribution is -2.36. The Labute approximate surface area is 173 Å². The maximum absolute atomic E-state index is 12.8. The summed E-state index contributed by atoms with van der Waals surface area (Å²) in [6, 6.07) is 5.81. The summed E-state index contributed by atoms with van der Waals surface area (Å²) in [7, 11) is 3.18. The molecule has 7 nitrogen and oxygen atoms in total. The fourth-order valence-corrected chi connectivity index (χ4v) is 4.44. The van der Waals surface area contributed by atoms with Crippen LogP contribution in [0.4, 0.5) is 11.5 Å². The van der Waals surface area contributed by atoms with E-state index in [4.69, 9.17) is 9.47 Å². The summed E-state index contributed by atoms with van der Waals surface area (Å²) in [6.07, 6.45) is 7.21. The van der Waals surface area contributed by atoms with Crippen molar-refractivity contribution < 1.29 is 14.3 Å². The Morgan fingerprint density at radius 2 is 1.86 bits per heavy atom. The number of methoxy groups -OCH3 is 2. The molecule has 0 unspecified atom stereocenters. The normalized spacial score (nSPS) is 14.6. The van der Waals surface area contributed by atoms with Crippen LogP contribution in [0.15, 0.2) is 29.9 Å². The van der Waals surface area contributed by atoms with Crippen LogP contribution in [0.25, 0.3) is 10.9 Å². The lowest BCUT2D eigenvalue weighted by Gasteiger charge is -2.22. The smallest absolute Gasteiger partial charge is 0.263 e. The van der Waals surface area contributed by atoms with Crippen LogP contribution < -0.4 is 20.1 Å². The van der Waals surface area contributed by atoms with E-state index < -0.39 is 0 Å². The van der Waals surface area contributed by atoms with Crippen LogP contribution >= 0.6 is 11.3 Å². The number of carbonyl (C=O) groups excluding carboxylic acids is 1. The summed E-state index contributed by atoms with van der Waals surface area (Å²) in [4.78, 5) is 22.2. The summed E-state index contributed by atoms with van der Waals surface area (Å²) in [5.74, 6) is 1.78. The molecule has 8 heteroatoms. The molecule has 0 aliphatic heterocycles. The van der Waals surface area contributed by atoms with Gasteiger partial charge in [-0.15, -0.1) is 11.3 Å². The van der Waals surface area contributed by atoms with Gasteiger partial charge in [-0.1, -0.05) is 19.3 Å². The molecule has 0 saturated heterocycles. The van der Waals surface area contributed by atoms with Crippen molar-refractivity contribution in [2.45, 2.75) is 38.1 Å². The molecule has 2 heterocycles. The maximum atomic E-state index is 12.8. The van der Waals surface area contributed by atoms with Crippen molar-refractivity contribution in [1.29, 1.82) is 0 Å². The highest BCUT2D eigenvalue weighted by Crippen LogP contribution is 2.35. The van der Waals surface area contributed by atoms with Gasteiger partial charge in [0, 0.05) is 17.5 Å². The number of aromatic nitrogens is 2. The third kappa shape index (κ3) is 4.12. The van der Waals surface area contributed by atoms with E-state index in [1.54, 1.807) is 14.2 Å². The van der Waals surface area contributed by atoms with E-state index in [-0.39, 0.29) is 11.9 Å². The number of nitrogens with one attached hydrogen (secondary N) is 2. The highest BCUT2D eigenvalue weighted by molar-refractivity contribution is 7.12. The van der Waals surface area contributed by atoms with Gasteiger partial charge >= 0.3 is 0 Å². The third-order valence-corrected chi connectivity index (χ3v) is 6.12. The van der Waals surface area contributed by atoms with Gasteiger partial charge in [-0.25, -0.2) is 9.97 Å². The lowest BCUT2D eigenvalue weighted by molar-refractivity contribution is 0.0932. The Bertz CT molecular complexity index is 1010. The molecule has 0 bridgehead atoms. The average Bonchev–Trinajstić information content (AvgIpc) is 3.22. The summed E-state index contributed by atoms with van der Waals surface area (Å²) >= 11 is 1.42. The van der Waals surface area contributed by atoms with E-state index in [0.29, 0.717) is 22.2 Å². The molecule has 2 N–H and O–H groups in total. The molecule has 1 aliphatic rings. The second-order valence-corrected chi connectivity index (χ2v) is 7.96. The van der Waals surface area contributed by atoms with E-state index in [9.17, 15) is 4.79 Å². The second kappa shape index (κ2) is 8.65. The van der Waals surface area contributed by atoms with Crippen LogP contribution in [0.2, 0.25) is 0 Å². The molecule has 3 aromatic rings. The zero-order valence-corrected chi connectivity index (χ0v) is 17.3. The van der Waals surface area contributed by atoms with Gasteiger partial charge in [-0.05, 0) is 30.4 Å². The molecule has 2 aromatic heterocycles. The van der Waals surface area contributed by atoms with E-state index in [1.165, 1.54) is 36.9 Å². The van der Waals surface area contributed by atoms with Gasteiger partial charge in [0.15, 0.2) is 11.5 Å². The average molecular weight is 413 g/mol. The molecule has 1 aromatic carbocycles. The number of anilines is 2. The number of hydrogen-bond donors (Lipinski definition) is 2. The Morgan fingerprint density at radius 1 is 1.10 bits per heavy atom. The Morgan fingerprint density at radius 3 is 2.62 bits per heavy atom. The Balaban J connectivity index is 1.61. The third-order valence-electron chi connectivity index (χ3n) is 5.21. The van der Waals surface area contributed by atoms with Gasteiger partial charge in [0.05, 0.1) is 25.4 Å². The first-order chi connectivity index (χ1) is 14.2. The number of rotatable bonds is 6.